The van der Waals surface area contributed by atoms with Crippen molar-refractivity contribution in [2.75, 3.05) is 46.3 Å². The zero-order valence-electron chi connectivity index (χ0n) is 16.6. The van der Waals surface area contributed by atoms with E-state index in [1.54, 1.807) is 0 Å². The molecule has 2 aromatic carbocycles. The van der Waals surface area contributed by atoms with Gasteiger partial charge in [-0.1, -0.05) is 60.7 Å². The molecular formula is C23H30N4O. The van der Waals surface area contributed by atoms with E-state index in [4.69, 9.17) is 0 Å². The highest BCUT2D eigenvalue weighted by molar-refractivity contribution is 5.75. The standard InChI is InChI=1S/C23H30N4O/c1-25-14-16-26(17-15-25)21-12-13-27(18-21)23(28)24-22(19-8-4-2-5-9-19)20-10-6-3-7-11-20/h2-11,21-22H,12-18H2,1H3,(H,24,28). The summed E-state index contributed by atoms with van der Waals surface area (Å²) in [5, 5.41) is 3.28. The SMILES string of the molecule is CN1CCN(C2CCN(C(=O)NC(c3ccccc3)c3ccccc3)C2)CC1. The van der Waals surface area contributed by atoms with Gasteiger partial charge in [-0.2, -0.15) is 0 Å². The predicted molar refractivity (Wildman–Crippen MR) is 112 cm³/mol. The van der Waals surface area contributed by atoms with Gasteiger partial charge in [0.25, 0.3) is 0 Å². The van der Waals surface area contributed by atoms with E-state index in [-0.39, 0.29) is 12.1 Å². The van der Waals surface area contributed by atoms with E-state index in [1.165, 1.54) is 0 Å². The maximum Gasteiger partial charge on any atom is 0.318 e. The van der Waals surface area contributed by atoms with Crippen LogP contribution in [0.2, 0.25) is 0 Å². The Hall–Kier alpha value is -2.37. The number of hydrogen-bond donors (Lipinski definition) is 1. The molecule has 2 aliphatic rings. The fourth-order valence-electron chi connectivity index (χ4n) is 4.28. The Morgan fingerprint density at radius 1 is 0.893 bits per heavy atom. The van der Waals surface area contributed by atoms with Gasteiger partial charge in [-0.3, -0.25) is 4.90 Å². The van der Waals surface area contributed by atoms with E-state index in [9.17, 15) is 4.79 Å². The Morgan fingerprint density at radius 3 is 2.04 bits per heavy atom. The molecule has 0 bridgehead atoms. The number of carbonyl (C=O) groups excluding carboxylic acids is 1. The molecule has 2 saturated heterocycles. The number of rotatable bonds is 4. The number of carbonyl (C=O) groups is 1. The Bertz CT molecular complexity index is 719. The van der Waals surface area contributed by atoms with E-state index in [2.05, 4.69) is 46.4 Å². The monoisotopic (exact) mass is 378 g/mol. The highest BCUT2D eigenvalue weighted by Gasteiger charge is 2.32. The summed E-state index contributed by atoms with van der Waals surface area (Å²) in [4.78, 5) is 20.0. The lowest BCUT2D eigenvalue weighted by Crippen LogP contribution is -2.50. The van der Waals surface area contributed by atoms with Gasteiger partial charge in [0.2, 0.25) is 0 Å². The average molecular weight is 379 g/mol. The van der Waals surface area contributed by atoms with Crippen LogP contribution in [0.5, 0.6) is 0 Å². The van der Waals surface area contributed by atoms with Crippen molar-refractivity contribution in [1.82, 2.24) is 20.0 Å². The number of nitrogens with zero attached hydrogens (tertiary/aromatic N) is 3. The minimum absolute atomic E-state index is 0.0364. The van der Waals surface area contributed by atoms with Crippen LogP contribution in [0, 0.1) is 0 Å². The van der Waals surface area contributed by atoms with Gasteiger partial charge >= 0.3 is 6.03 Å². The Kier molecular flexibility index (Phi) is 5.93. The van der Waals surface area contributed by atoms with E-state index in [1.807, 2.05) is 41.3 Å². The molecule has 4 rings (SSSR count). The molecule has 0 spiro atoms. The first-order valence-corrected chi connectivity index (χ1v) is 10.3. The van der Waals surface area contributed by atoms with E-state index in [0.29, 0.717) is 6.04 Å². The number of likely N-dealkylation sites (N-methyl/N-ethyl adjacent to an activating group) is 1. The van der Waals surface area contributed by atoms with Crippen LogP contribution in [0.4, 0.5) is 4.79 Å². The lowest BCUT2D eigenvalue weighted by molar-refractivity contribution is 0.114. The quantitative estimate of drug-likeness (QED) is 0.889. The molecule has 2 aromatic rings. The number of amides is 2. The Labute approximate surface area is 167 Å². The summed E-state index contributed by atoms with van der Waals surface area (Å²) in [7, 11) is 2.18. The third kappa shape index (κ3) is 4.37. The third-order valence-electron chi connectivity index (χ3n) is 6.04. The Balaban J connectivity index is 1.42. The molecule has 28 heavy (non-hydrogen) atoms. The minimum atomic E-state index is -0.127. The van der Waals surface area contributed by atoms with Gasteiger partial charge < -0.3 is 15.1 Å². The largest absolute Gasteiger partial charge is 0.327 e. The smallest absolute Gasteiger partial charge is 0.318 e. The second-order valence-electron chi connectivity index (χ2n) is 7.93. The van der Waals surface area contributed by atoms with Crippen LogP contribution in [0.15, 0.2) is 60.7 Å². The molecule has 2 fully saturated rings. The van der Waals surface area contributed by atoms with E-state index < -0.39 is 0 Å². The number of benzene rings is 2. The van der Waals surface area contributed by atoms with E-state index >= 15 is 0 Å². The molecular weight excluding hydrogens is 348 g/mol. The highest BCUT2D eigenvalue weighted by atomic mass is 16.2. The van der Waals surface area contributed by atoms with Crippen molar-refractivity contribution in [2.45, 2.75) is 18.5 Å². The molecule has 1 unspecified atom stereocenters. The third-order valence-corrected chi connectivity index (χ3v) is 6.04. The summed E-state index contributed by atoms with van der Waals surface area (Å²) in [5.41, 5.74) is 2.22. The van der Waals surface area contributed by atoms with Gasteiger partial charge in [-0.25, -0.2) is 4.79 Å². The molecule has 148 valence electrons. The van der Waals surface area contributed by atoms with Gasteiger partial charge in [-0.15, -0.1) is 0 Å². The minimum Gasteiger partial charge on any atom is -0.327 e. The van der Waals surface area contributed by atoms with Crippen molar-refractivity contribution < 1.29 is 4.79 Å². The molecule has 1 N–H and O–H groups in total. The number of piperazine rings is 1. The van der Waals surface area contributed by atoms with Crippen molar-refractivity contribution in [2.24, 2.45) is 0 Å². The van der Waals surface area contributed by atoms with Gasteiger partial charge in [0, 0.05) is 45.3 Å². The number of nitrogens with one attached hydrogen (secondary N) is 1. The molecule has 0 aromatic heterocycles. The normalized spacial score (nSPS) is 21.2. The van der Waals surface area contributed by atoms with Crippen LogP contribution in [0.25, 0.3) is 0 Å². The number of urea groups is 1. The summed E-state index contributed by atoms with van der Waals surface area (Å²) >= 11 is 0. The first-order valence-electron chi connectivity index (χ1n) is 10.3. The Morgan fingerprint density at radius 2 is 1.46 bits per heavy atom. The second-order valence-corrected chi connectivity index (χ2v) is 7.93. The molecule has 2 heterocycles. The lowest BCUT2D eigenvalue weighted by atomic mass is 9.99. The van der Waals surface area contributed by atoms with Crippen molar-refractivity contribution in [3.63, 3.8) is 0 Å². The molecule has 5 heteroatoms. The summed E-state index contributed by atoms with van der Waals surface area (Å²) in [6.07, 6.45) is 1.07. The highest BCUT2D eigenvalue weighted by Crippen LogP contribution is 2.23. The van der Waals surface area contributed by atoms with Crippen LogP contribution >= 0.6 is 0 Å². The maximum absolute atomic E-state index is 13.1. The molecule has 0 saturated carbocycles. The van der Waals surface area contributed by atoms with Crippen LogP contribution in [-0.4, -0.2) is 73.1 Å². The van der Waals surface area contributed by atoms with Gasteiger partial charge in [0.1, 0.15) is 0 Å². The molecule has 1 atom stereocenters. The van der Waals surface area contributed by atoms with Gasteiger partial charge in [0.15, 0.2) is 0 Å². The molecule has 2 amide bonds. The van der Waals surface area contributed by atoms with Gasteiger partial charge in [-0.05, 0) is 24.6 Å². The fourth-order valence-corrected chi connectivity index (χ4v) is 4.28. The van der Waals surface area contributed by atoms with Gasteiger partial charge in [0.05, 0.1) is 6.04 Å². The van der Waals surface area contributed by atoms with Crippen molar-refractivity contribution >= 4 is 6.03 Å². The molecule has 2 aliphatic heterocycles. The van der Waals surface area contributed by atoms with Crippen molar-refractivity contribution in [3.05, 3.63) is 71.8 Å². The zero-order chi connectivity index (χ0) is 19.3. The first-order chi connectivity index (χ1) is 13.7. The summed E-state index contributed by atoms with van der Waals surface area (Å²) < 4.78 is 0. The predicted octanol–water partition coefficient (Wildman–Crippen LogP) is 2.81. The van der Waals surface area contributed by atoms with Crippen LogP contribution in [-0.2, 0) is 0 Å². The number of likely N-dealkylation sites (tertiary alicyclic amines) is 1. The average Bonchev–Trinajstić information content (AvgIpc) is 3.24. The topological polar surface area (TPSA) is 38.8 Å². The fraction of sp³-hybridized carbons (Fsp3) is 0.435. The molecule has 0 radical (unpaired) electrons. The van der Waals surface area contributed by atoms with E-state index in [0.717, 1.165) is 56.8 Å². The summed E-state index contributed by atoms with van der Waals surface area (Å²) in [6, 6.07) is 20.8. The summed E-state index contributed by atoms with van der Waals surface area (Å²) in [6.45, 7) is 6.10. The van der Waals surface area contributed by atoms with Crippen molar-refractivity contribution in [1.29, 1.82) is 0 Å². The number of hydrogen-bond acceptors (Lipinski definition) is 3. The first kappa shape index (κ1) is 19.0. The summed E-state index contributed by atoms with van der Waals surface area (Å²) in [5.74, 6) is 0. The van der Waals surface area contributed by atoms with Crippen LogP contribution < -0.4 is 5.32 Å². The maximum atomic E-state index is 13.1. The van der Waals surface area contributed by atoms with Crippen LogP contribution in [0.3, 0.4) is 0 Å². The second kappa shape index (κ2) is 8.76. The molecule has 0 aliphatic carbocycles. The van der Waals surface area contributed by atoms with Crippen LogP contribution in [0.1, 0.15) is 23.6 Å². The zero-order valence-corrected chi connectivity index (χ0v) is 16.6. The lowest BCUT2D eigenvalue weighted by Gasteiger charge is -2.36. The van der Waals surface area contributed by atoms with Crippen molar-refractivity contribution in [3.8, 4) is 0 Å². The molecule has 5 nitrogen and oxygen atoms in total.